The minimum absolute atomic E-state index is 0.416. The lowest BCUT2D eigenvalue weighted by Crippen LogP contribution is -2.38. The molecule has 1 aromatic carbocycles. The first-order chi connectivity index (χ1) is 14.5. The van der Waals surface area contributed by atoms with Crippen LogP contribution in [0.15, 0.2) is 33.7 Å². The predicted molar refractivity (Wildman–Crippen MR) is 114 cm³/mol. The number of nitrogens with one attached hydrogen (secondary N) is 2. The van der Waals surface area contributed by atoms with Crippen molar-refractivity contribution in [1.82, 2.24) is 30.4 Å². The quantitative estimate of drug-likeness (QED) is 0.433. The van der Waals surface area contributed by atoms with Gasteiger partial charge in [0.1, 0.15) is 23.9 Å². The van der Waals surface area contributed by atoms with Gasteiger partial charge >= 0.3 is 0 Å². The van der Waals surface area contributed by atoms with Crippen LogP contribution in [0.5, 0.6) is 5.75 Å². The Morgan fingerprint density at radius 3 is 2.50 bits per heavy atom. The number of aromatic nitrogens is 4. The van der Waals surface area contributed by atoms with E-state index in [9.17, 15) is 0 Å². The molecule has 9 heteroatoms. The highest BCUT2D eigenvalue weighted by Gasteiger charge is 2.08. The molecule has 30 heavy (non-hydrogen) atoms. The number of nitrogens with zero attached hydrogens (tertiary/aromatic N) is 5. The average molecular weight is 412 g/mol. The summed E-state index contributed by atoms with van der Waals surface area (Å²) in [7, 11) is 3.60. The van der Waals surface area contributed by atoms with Crippen LogP contribution in [0.4, 0.5) is 0 Å². The van der Waals surface area contributed by atoms with Crippen LogP contribution < -0.4 is 15.4 Å². The maximum Gasteiger partial charge on any atom is 0.214 e. The second-order valence-electron chi connectivity index (χ2n) is 7.01. The van der Waals surface area contributed by atoms with Crippen molar-refractivity contribution in [2.45, 2.75) is 40.3 Å². The molecule has 0 unspecified atom stereocenters. The van der Waals surface area contributed by atoms with E-state index in [1.807, 2.05) is 44.5 Å². The van der Waals surface area contributed by atoms with E-state index >= 15 is 0 Å². The monoisotopic (exact) mass is 411 g/mol. The summed E-state index contributed by atoms with van der Waals surface area (Å²) < 4.78 is 12.8. The number of hydrogen-bond acceptors (Lipinski definition) is 6. The molecule has 0 amide bonds. The van der Waals surface area contributed by atoms with Gasteiger partial charge in [0.05, 0.1) is 19.3 Å². The number of aryl methyl sites for hydroxylation is 3. The molecule has 2 aromatic heterocycles. The molecule has 0 spiro atoms. The maximum atomic E-state index is 5.65. The van der Waals surface area contributed by atoms with Gasteiger partial charge < -0.3 is 24.4 Å². The number of oxazole rings is 1. The van der Waals surface area contributed by atoms with Crippen LogP contribution in [-0.2, 0) is 26.6 Å². The summed E-state index contributed by atoms with van der Waals surface area (Å²) >= 11 is 0. The molecule has 0 aliphatic heterocycles. The highest BCUT2D eigenvalue weighted by Crippen LogP contribution is 2.11. The first-order valence-corrected chi connectivity index (χ1v) is 9.89. The fourth-order valence-electron chi connectivity index (χ4n) is 2.80. The molecule has 0 saturated heterocycles. The van der Waals surface area contributed by atoms with Gasteiger partial charge in [-0.3, -0.25) is 0 Å². The maximum absolute atomic E-state index is 5.65. The topological polar surface area (TPSA) is 102 Å². The van der Waals surface area contributed by atoms with Crippen LogP contribution in [0.3, 0.4) is 0 Å². The standard InChI is InChI=1S/C21H29N7O2/c1-14-15(2)30-20(25-14)13-24-21(23-12-19-27-26-16(3)28(19)4)22-11-10-17-6-8-18(29-5)9-7-17/h6-9H,10-13H2,1-5H3,(H2,22,23,24). The number of ether oxygens (including phenoxy) is 1. The van der Waals surface area contributed by atoms with Gasteiger partial charge in [-0.25, -0.2) is 9.98 Å². The van der Waals surface area contributed by atoms with Crippen LogP contribution in [0, 0.1) is 20.8 Å². The van der Waals surface area contributed by atoms with Crippen LogP contribution in [0.1, 0.15) is 34.6 Å². The van der Waals surface area contributed by atoms with Crippen molar-refractivity contribution in [3.8, 4) is 5.75 Å². The minimum Gasteiger partial charge on any atom is -0.497 e. The van der Waals surface area contributed by atoms with Crippen molar-refractivity contribution < 1.29 is 9.15 Å². The first-order valence-electron chi connectivity index (χ1n) is 9.89. The zero-order chi connectivity index (χ0) is 21.5. The lowest BCUT2D eigenvalue weighted by molar-refractivity contribution is 0.414. The molecule has 0 saturated carbocycles. The Balaban J connectivity index is 1.62. The predicted octanol–water partition coefficient (Wildman–Crippen LogP) is 2.22. The van der Waals surface area contributed by atoms with E-state index in [1.54, 1.807) is 7.11 Å². The SMILES string of the molecule is COc1ccc(CCNC(=NCc2nnc(C)n2C)NCc2nc(C)c(C)o2)cc1. The van der Waals surface area contributed by atoms with E-state index < -0.39 is 0 Å². The van der Waals surface area contributed by atoms with Crippen molar-refractivity contribution >= 4 is 5.96 Å². The Hall–Kier alpha value is -3.36. The Labute approximate surface area is 176 Å². The third-order valence-corrected chi connectivity index (χ3v) is 4.91. The van der Waals surface area contributed by atoms with Gasteiger partial charge in [0, 0.05) is 13.6 Å². The van der Waals surface area contributed by atoms with Crippen molar-refractivity contribution in [1.29, 1.82) is 0 Å². The number of guanidine groups is 1. The number of benzene rings is 1. The van der Waals surface area contributed by atoms with Gasteiger partial charge in [0.15, 0.2) is 11.8 Å². The summed E-state index contributed by atoms with van der Waals surface area (Å²) in [5, 5.41) is 14.9. The van der Waals surface area contributed by atoms with E-state index in [-0.39, 0.29) is 0 Å². The lowest BCUT2D eigenvalue weighted by atomic mass is 10.1. The minimum atomic E-state index is 0.416. The smallest absolute Gasteiger partial charge is 0.214 e. The van der Waals surface area contributed by atoms with Crippen molar-refractivity contribution in [2.75, 3.05) is 13.7 Å². The van der Waals surface area contributed by atoms with Crippen LogP contribution in [0.2, 0.25) is 0 Å². The summed E-state index contributed by atoms with van der Waals surface area (Å²) in [4.78, 5) is 9.06. The average Bonchev–Trinajstić information content (AvgIpc) is 3.24. The van der Waals surface area contributed by atoms with Crippen molar-refractivity contribution in [2.24, 2.45) is 12.0 Å². The van der Waals surface area contributed by atoms with E-state index in [2.05, 4.69) is 42.9 Å². The molecule has 160 valence electrons. The highest BCUT2D eigenvalue weighted by atomic mass is 16.5. The molecule has 0 fully saturated rings. The van der Waals surface area contributed by atoms with E-state index in [0.29, 0.717) is 24.9 Å². The van der Waals surface area contributed by atoms with E-state index in [4.69, 9.17) is 9.15 Å². The second-order valence-corrected chi connectivity index (χ2v) is 7.01. The molecular weight excluding hydrogens is 382 g/mol. The molecule has 2 heterocycles. The highest BCUT2D eigenvalue weighted by molar-refractivity contribution is 5.79. The molecule has 9 nitrogen and oxygen atoms in total. The third kappa shape index (κ3) is 5.59. The zero-order valence-electron chi connectivity index (χ0n) is 18.2. The van der Waals surface area contributed by atoms with E-state index in [0.717, 1.165) is 41.8 Å². The van der Waals surface area contributed by atoms with Gasteiger partial charge in [0.2, 0.25) is 5.89 Å². The lowest BCUT2D eigenvalue weighted by Gasteiger charge is -2.12. The van der Waals surface area contributed by atoms with Crippen LogP contribution >= 0.6 is 0 Å². The summed E-state index contributed by atoms with van der Waals surface area (Å²) in [6.45, 7) is 7.34. The summed E-state index contributed by atoms with van der Waals surface area (Å²) in [6, 6.07) is 8.05. The Morgan fingerprint density at radius 1 is 1.13 bits per heavy atom. The fraction of sp³-hybridized carbons (Fsp3) is 0.429. The van der Waals surface area contributed by atoms with Gasteiger partial charge in [0.25, 0.3) is 0 Å². The van der Waals surface area contributed by atoms with Gasteiger partial charge in [-0.2, -0.15) is 0 Å². The Bertz CT molecular complexity index is 970. The van der Waals surface area contributed by atoms with Crippen LogP contribution in [0.25, 0.3) is 0 Å². The van der Waals surface area contributed by atoms with E-state index in [1.165, 1.54) is 5.56 Å². The van der Waals surface area contributed by atoms with Crippen molar-refractivity contribution in [3.05, 3.63) is 58.8 Å². The fourth-order valence-corrected chi connectivity index (χ4v) is 2.80. The third-order valence-electron chi connectivity index (χ3n) is 4.91. The van der Waals surface area contributed by atoms with Gasteiger partial charge in [-0.05, 0) is 44.9 Å². The molecule has 3 rings (SSSR count). The largest absolute Gasteiger partial charge is 0.497 e. The molecule has 2 N–H and O–H groups in total. The molecule has 0 radical (unpaired) electrons. The molecule has 0 bridgehead atoms. The number of rotatable bonds is 8. The Kier molecular flexibility index (Phi) is 7.05. The Morgan fingerprint density at radius 2 is 1.90 bits per heavy atom. The number of hydrogen-bond donors (Lipinski definition) is 2. The normalized spacial score (nSPS) is 11.6. The van der Waals surface area contributed by atoms with Crippen molar-refractivity contribution in [3.63, 3.8) is 0 Å². The zero-order valence-corrected chi connectivity index (χ0v) is 18.2. The molecular formula is C21H29N7O2. The van der Waals surface area contributed by atoms with Gasteiger partial charge in [-0.1, -0.05) is 12.1 Å². The molecule has 0 aliphatic carbocycles. The summed E-state index contributed by atoms with van der Waals surface area (Å²) in [5.74, 6) is 4.62. The number of aliphatic imine (C=N–C) groups is 1. The molecule has 0 atom stereocenters. The molecule has 3 aromatic rings. The summed E-state index contributed by atoms with van der Waals surface area (Å²) in [6.07, 6.45) is 0.852. The van der Waals surface area contributed by atoms with Gasteiger partial charge in [-0.15, -0.1) is 10.2 Å². The molecule has 0 aliphatic rings. The number of methoxy groups -OCH3 is 1. The van der Waals surface area contributed by atoms with Crippen LogP contribution in [-0.4, -0.2) is 39.4 Å². The summed E-state index contributed by atoms with van der Waals surface area (Å²) in [5.41, 5.74) is 2.11. The first kappa shape index (κ1) is 21.4. The second kappa shape index (κ2) is 9.91.